The van der Waals surface area contributed by atoms with E-state index in [-0.39, 0.29) is 0 Å². The van der Waals surface area contributed by atoms with Crippen molar-refractivity contribution in [3.63, 3.8) is 0 Å². The van der Waals surface area contributed by atoms with Gasteiger partial charge in [-0.05, 0) is 57.5 Å². The maximum absolute atomic E-state index is 9.29. The Kier molecular flexibility index (Phi) is 6.28. The fourth-order valence-electron chi connectivity index (χ4n) is 3.76. The highest BCUT2D eigenvalue weighted by Crippen LogP contribution is 2.23. The van der Waals surface area contributed by atoms with Gasteiger partial charge >= 0.3 is 0 Å². The number of piperidine rings is 2. The van der Waals surface area contributed by atoms with Crippen molar-refractivity contribution in [1.82, 2.24) is 19.8 Å². The molecular weight excluding hydrogens is 308 g/mol. The molecule has 0 spiro atoms. The zero-order valence-corrected chi connectivity index (χ0v) is 14.8. The number of aliphatic hydroxyl groups excluding tert-OH is 1. The summed E-state index contributed by atoms with van der Waals surface area (Å²) in [4.78, 5) is 14.0. The molecule has 0 bridgehead atoms. The minimum absolute atomic E-state index is 0.358. The van der Waals surface area contributed by atoms with E-state index < -0.39 is 0 Å². The van der Waals surface area contributed by atoms with E-state index in [0.717, 1.165) is 44.2 Å². The highest BCUT2D eigenvalue weighted by molar-refractivity contribution is 7.98. The summed E-state index contributed by atoms with van der Waals surface area (Å²) in [6.07, 6.45) is 10.8. The summed E-state index contributed by atoms with van der Waals surface area (Å²) in [5.41, 5.74) is 1.21. The van der Waals surface area contributed by atoms with Crippen LogP contribution in [0, 0.1) is 5.92 Å². The predicted molar refractivity (Wildman–Crippen MR) is 93.5 cm³/mol. The van der Waals surface area contributed by atoms with Gasteiger partial charge in [-0.15, -0.1) is 0 Å². The van der Waals surface area contributed by atoms with Crippen LogP contribution in [0.1, 0.15) is 31.2 Å². The molecule has 1 aromatic rings. The van der Waals surface area contributed by atoms with Crippen LogP contribution in [0.5, 0.6) is 0 Å². The number of rotatable bonds is 5. The van der Waals surface area contributed by atoms with Crippen LogP contribution in [0.2, 0.25) is 0 Å². The molecule has 3 rings (SSSR count). The van der Waals surface area contributed by atoms with Gasteiger partial charge in [0.25, 0.3) is 0 Å². The molecule has 0 radical (unpaired) electrons. The number of nitrogens with zero attached hydrogens (tertiary/aromatic N) is 4. The fraction of sp³-hybridized carbons (Fsp3) is 0.765. The molecule has 23 heavy (non-hydrogen) atoms. The summed E-state index contributed by atoms with van der Waals surface area (Å²) < 4.78 is 0. The van der Waals surface area contributed by atoms with Crippen molar-refractivity contribution < 1.29 is 5.11 Å². The molecule has 1 unspecified atom stereocenters. The second-order valence-corrected chi connectivity index (χ2v) is 7.54. The molecule has 5 nitrogen and oxygen atoms in total. The van der Waals surface area contributed by atoms with Crippen LogP contribution in [0.3, 0.4) is 0 Å². The molecule has 2 aliphatic rings. The maximum atomic E-state index is 9.29. The van der Waals surface area contributed by atoms with Gasteiger partial charge in [0.2, 0.25) is 0 Å². The van der Waals surface area contributed by atoms with Gasteiger partial charge in [0.1, 0.15) is 0 Å². The smallest absolute Gasteiger partial charge is 0.187 e. The quantitative estimate of drug-likeness (QED) is 0.654. The van der Waals surface area contributed by atoms with E-state index in [1.54, 1.807) is 11.8 Å². The molecule has 6 heteroatoms. The zero-order valence-electron chi connectivity index (χ0n) is 14.0. The van der Waals surface area contributed by atoms with Crippen LogP contribution in [0.4, 0.5) is 0 Å². The van der Waals surface area contributed by atoms with Gasteiger partial charge in [0, 0.05) is 43.7 Å². The molecule has 2 aliphatic heterocycles. The Labute approximate surface area is 143 Å². The molecule has 0 saturated carbocycles. The molecule has 0 aliphatic carbocycles. The van der Waals surface area contributed by atoms with Gasteiger partial charge < -0.3 is 5.11 Å². The number of thioether (sulfide) groups is 1. The summed E-state index contributed by atoms with van der Waals surface area (Å²) in [5.74, 6) is 0.526. The van der Waals surface area contributed by atoms with E-state index in [2.05, 4.69) is 19.8 Å². The third-order valence-corrected chi connectivity index (χ3v) is 5.75. The SMILES string of the molecule is CSc1ncc(CN2CCCC(N3CCC(CO)CC3)C2)cn1. The summed E-state index contributed by atoms with van der Waals surface area (Å²) in [6, 6.07) is 0.676. The molecule has 2 fully saturated rings. The summed E-state index contributed by atoms with van der Waals surface area (Å²) in [5, 5.41) is 10.1. The lowest BCUT2D eigenvalue weighted by atomic mass is 9.94. The van der Waals surface area contributed by atoms with Crippen LogP contribution < -0.4 is 0 Å². The van der Waals surface area contributed by atoms with Crippen LogP contribution in [-0.2, 0) is 6.54 Å². The van der Waals surface area contributed by atoms with Crippen molar-refractivity contribution in [3.05, 3.63) is 18.0 Å². The molecule has 1 atom stereocenters. The topological polar surface area (TPSA) is 52.5 Å². The highest BCUT2D eigenvalue weighted by atomic mass is 32.2. The Morgan fingerprint density at radius 1 is 1.17 bits per heavy atom. The van der Waals surface area contributed by atoms with Crippen molar-refractivity contribution in [3.8, 4) is 0 Å². The fourth-order valence-corrected chi connectivity index (χ4v) is 4.08. The molecule has 2 saturated heterocycles. The number of hydrogen-bond acceptors (Lipinski definition) is 6. The monoisotopic (exact) mass is 336 g/mol. The summed E-state index contributed by atoms with van der Waals surface area (Å²) in [6.45, 7) is 5.93. The lowest BCUT2D eigenvalue weighted by Crippen LogP contribution is -2.50. The van der Waals surface area contributed by atoms with Crippen LogP contribution in [0.15, 0.2) is 17.6 Å². The van der Waals surface area contributed by atoms with Crippen LogP contribution >= 0.6 is 11.8 Å². The second kappa shape index (κ2) is 8.42. The van der Waals surface area contributed by atoms with E-state index in [0.29, 0.717) is 18.6 Å². The van der Waals surface area contributed by atoms with Gasteiger partial charge in [0.15, 0.2) is 5.16 Å². The van der Waals surface area contributed by atoms with Gasteiger partial charge in [-0.3, -0.25) is 9.80 Å². The van der Waals surface area contributed by atoms with Gasteiger partial charge in [-0.1, -0.05) is 11.8 Å². The minimum Gasteiger partial charge on any atom is -0.396 e. The Bertz CT molecular complexity index is 476. The van der Waals surface area contributed by atoms with Gasteiger partial charge in [-0.25, -0.2) is 9.97 Å². The lowest BCUT2D eigenvalue weighted by Gasteiger charge is -2.42. The molecule has 0 aromatic carbocycles. The average molecular weight is 337 g/mol. The first-order valence-electron chi connectivity index (χ1n) is 8.70. The normalized spacial score (nSPS) is 24.9. The number of aromatic nitrogens is 2. The first kappa shape index (κ1) is 17.1. The summed E-state index contributed by atoms with van der Waals surface area (Å²) >= 11 is 1.58. The van der Waals surface area contributed by atoms with E-state index in [1.165, 1.54) is 24.9 Å². The third-order valence-electron chi connectivity index (χ3n) is 5.17. The first-order valence-corrected chi connectivity index (χ1v) is 9.93. The van der Waals surface area contributed by atoms with E-state index in [4.69, 9.17) is 0 Å². The van der Waals surface area contributed by atoms with E-state index >= 15 is 0 Å². The highest BCUT2D eigenvalue weighted by Gasteiger charge is 2.28. The number of likely N-dealkylation sites (tertiary alicyclic amines) is 2. The van der Waals surface area contributed by atoms with Crippen molar-refractivity contribution in [1.29, 1.82) is 0 Å². The Morgan fingerprint density at radius 2 is 1.91 bits per heavy atom. The van der Waals surface area contributed by atoms with Crippen LogP contribution in [-0.4, -0.2) is 70.0 Å². The standard InChI is InChI=1S/C17H28N4OS/c1-23-17-18-9-15(10-19-17)11-20-6-2-3-16(12-20)21-7-4-14(13-22)5-8-21/h9-10,14,16,22H,2-8,11-13H2,1H3. The molecule has 0 amide bonds. The first-order chi connectivity index (χ1) is 11.3. The number of hydrogen-bond donors (Lipinski definition) is 1. The average Bonchev–Trinajstić information content (AvgIpc) is 2.63. The van der Waals surface area contributed by atoms with E-state index in [9.17, 15) is 5.11 Å². The van der Waals surface area contributed by atoms with Crippen molar-refractivity contribution in [2.24, 2.45) is 5.92 Å². The van der Waals surface area contributed by atoms with Crippen molar-refractivity contribution in [2.45, 2.75) is 43.4 Å². The maximum Gasteiger partial charge on any atom is 0.187 e. The molecule has 3 heterocycles. The zero-order chi connectivity index (χ0) is 16.1. The molecular formula is C17H28N4OS. The largest absolute Gasteiger partial charge is 0.396 e. The van der Waals surface area contributed by atoms with Gasteiger partial charge in [-0.2, -0.15) is 0 Å². The van der Waals surface area contributed by atoms with Crippen LogP contribution in [0.25, 0.3) is 0 Å². The minimum atomic E-state index is 0.358. The van der Waals surface area contributed by atoms with Gasteiger partial charge in [0.05, 0.1) is 0 Å². The Hall–Kier alpha value is -0.690. The second-order valence-electron chi connectivity index (χ2n) is 6.77. The van der Waals surface area contributed by atoms with Crippen molar-refractivity contribution in [2.75, 3.05) is 39.0 Å². The van der Waals surface area contributed by atoms with E-state index in [1.807, 2.05) is 18.6 Å². The molecule has 1 aromatic heterocycles. The predicted octanol–water partition coefficient (Wildman–Crippen LogP) is 1.87. The lowest BCUT2D eigenvalue weighted by molar-refractivity contribution is 0.0543. The summed E-state index contributed by atoms with van der Waals surface area (Å²) in [7, 11) is 0. The molecule has 1 N–H and O–H groups in total. The number of aliphatic hydroxyl groups is 1. The Balaban J connectivity index is 1.51. The molecule has 128 valence electrons. The Morgan fingerprint density at radius 3 is 2.57 bits per heavy atom. The third kappa shape index (κ3) is 4.66. The van der Waals surface area contributed by atoms with Crippen molar-refractivity contribution >= 4 is 11.8 Å².